The average molecular weight is 339 g/mol. The van der Waals surface area contributed by atoms with Gasteiger partial charge in [-0.15, -0.1) is 0 Å². The minimum atomic E-state index is -3.99. The Hall–Kier alpha value is -2.75. The number of aromatic nitrogens is 2. The first-order valence-corrected chi connectivity index (χ1v) is 7.98. The molecule has 0 radical (unpaired) electrons. The zero-order valence-electron chi connectivity index (χ0n) is 12.3. The zero-order valence-corrected chi connectivity index (χ0v) is 13.1. The van der Waals surface area contributed by atoms with Gasteiger partial charge in [-0.1, -0.05) is 0 Å². The van der Waals surface area contributed by atoms with Crippen molar-refractivity contribution in [3.8, 4) is 0 Å². The molecule has 1 aromatic carbocycles. The van der Waals surface area contributed by atoms with Crippen LogP contribution in [-0.2, 0) is 27.4 Å². The Kier molecular flexibility index (Phi) is 4.45. The highest BCUT2D eigenvalue weighted by atomic mass is 32.2. The molecule has 0 aliphatic carbocycles. The van der Waals surface area contributed by atoms with Crippen LogP contribution in [0.25, 0.3) is 0 Å². The number of nitro benzene ring substituents is 1. The van der Waals surface area contributed by atoms with E-state index < -0.39 is 37.1 Å². The topological polar surface area (TPSA) is 121 Å². The molecular formula is C13H13N3O6S. The van der Waals surface area contributed by atoms with Gasteiger partial charge in [0.15, 0.2) is 9.84 Å². The fourth-order valence-corrected chi connectivity index (χ4v) is 3.41. The molecule has 0 amide bonds. The number of rotatable bonds is 5. The van der Waals surface area contributed by atoms with Gasteiger partial charge in [0.2, 0.25) is 0 Å². The van der Waals surface area contributed by atoms with E-state index in [4.69, 9.17) is 0 Å². The first-order chi connectivity index (χ1) is 10.7. The highest BCUT2D eigenvalue weighted by Gasteiger charge is 2.28. The number of ether oxygens (including phenoxy) is 1. The number of carbonyl (C=O) groups excluding carboxylic acids is 1. The standard InChI is InChI=1S/C13H13N3O6S/c1-15-6-5-10(14-15)8-23(20,21)12-4-3-9(13(17)22-2)7-11(12)16(18)19/h3-7H,8H2,1-2H3. The molecule has 0 fully saturated rings. The first kappa shape index (κ1) is 16.6. The van der Waals surface area contributed by atoms with Crippen LogP contribution in [0, 0.1) is 10.1 Å². The Labute approximate surface area is 131 Å². The van der Waals surface area contributed by atoms with E-state index in [1.54, 1.807) is 13.2 Å². The molecule has 0 atom stereocenters. The second-order valence-corrected chi connectivity index (χ2v) is 6.63. The third-order valence-corrected chi connectivity index (χ3v) is 4.71. The number of hydrogen-bond acceptors (Lipinski definition) is 7. The average Bonchev–Trinajstić information content (AvgIpc) is 2.90. The number of carbonyl (C=O) groups is 1. The second-order valence-electron chi connectivity index (χ2n) is 4.67. The number of hydrogen-bond donors (Lipinski definition) is 0. The summed E-state index contributed by atoms with van der Waals surface area (Å²) in [6.07, 6.45) is 1.57. The van der Waals surface area contributed by atoms with Crippen molar-refractivity contribution >= 4 is 21.5 Å². The van der Waals surface area contributed by atoms with Gasteiger partial charge in [-0.2, -0.15) is 5.10 Å². The van der Waals surface area contributed by atoms with Crippen LogP contribution in [0.5, 0.6) is 0 Å². The van der Waals surface area contributed by atoms with Gasteiger partial charge in [0.05, 0.1) is 29.0 Å². The van der Waals surface area contributed by atoms with E-state index in [1.165, 1.54) is 16.8 Å². The zero-order chi connectivity index (χ0) is 17.2. The Balaban J connectivity index is 2.48. The number of nitrogens with zero attached hydrogens (tertiary/aromatic N) is 3. The molecule has 122 valence electrons. The van der Waals surface area contributed by atoms with E-state index in [-0.39, 0.29) is 11.3 Å². The Morgan fingerprint density at radius 2 is 2.09 bits per heavy atom. The first-order valence-electron chi connectivity index (χ1n) is 6.32. The highest BCUT2D eigenvalue weighted by molar-refractivity contribution is 7.90. The summed E-state index contributed by atoms with van der Waals surface area (Å²) in [6, 6.07) is 4.59. The second kappa shape index (κ2) is 6.16. The van der Waals surface area contributed by atoms with Gasteiger partial charge >= 0.3 is 5.97 Å². The number of methoxy groups -OCH3 is 1. The maximum absolute atomic E-state index is 12.4. The van der Waals surface area contributed by atoms with Crippen molar-refractivity contribution < 1.29 is 22.9 Å². The predicted molar refractivity (Wildman–Crippen MR) is 78.5 cm³/mol. The molecule has 2 aromatic rings. The Morgan fingerprint density at radius 1 is 1.39 bits per heavy atom. The lowest BCUT2D eigenvalue weighted by Gasteiger charge is -2.06. The molecule has 9 nitrogen and oxygen atoms in total. The van der Waals surface area contributed by atoms with E-state index in [0.29, 0.717) is 0 Å². The van der Waals surface area contributed by atoms with Gasteiger partial charge in [-0.25, -0.2) is 13.2 Å². The lowest BCUT2D eigenvalue weighted by atomic mass is 10.2. The van der Waals surface area contributed by atoms with Gasteiger partial charge in [-0.05, 0) is 18.2 Å². The van der Waals surface area contributed by atoms with E-state index in [1.807, 2.05) is 0 Å². The van der Waals surface area contributed by atoms with Crippen LogP contribution in [-0.4, -0.2) is 36.2 Å². The summed E-state index contributed by atoms with van der Waals surface area (Å²) in [6.45, 7) is 0. The predicted octanol–water partition coefficient (Wildman–Crippen LogP) is 1.09. The summed E-state index contributed by atoms with van der Waals surface area (Å²) in [5.74, 6) is -1.27. The number of esters is 1. The van der Waals surface area contributed by atoms with Crippen molar-refractivity contribution in [1.29, 1.82) is 0 Å². The number of nitro groups is 1. The molecule has 2 rings (SSSR count). The van der Waals surface area contributed by atoms with Crippen LogP contribution in [0.2, 0.25) is 0 Å². The molecule has 0 unspecified atom stereocenters. The summed E-state index contributed by atoms with van der Waals surface area (Å²) in [4.78, 5) is 21.3. The molecular weight excluding hydrogens is 326 g/mol. The van der Waals surface area contributed by atoms with Crippen LogP contribution in [0.1, 0.15) is 16.1 Å². The molecule has 0 aliphatic rings. The summed E-state index contributed by atoms with van der Waals surface area (Å²) < 4.78 is 30.7. The van der Waals surface area contributed by atoms with Crippen LogP contribution < -0.4 is 0 Å². The van der Waals surface area contributed by atoms with Crippen LogP contribution in [0.4, 0.5) is 5.69 Å². The summed E-state index contributed by atoms with van der Waals surface area (Å²) in [5, 5.41) is 15.1. The number of sulfone groups is 1. The lowest BCUT2D eigenvalue weighted by molar-refractivity contribution is -0.387. The van der Waals surface area contributed by atoms with E-state index in [0.717, 1.165) is 19.2 Å². The molecule has 0 N–H and O–H groups in total. The largest absolute Gasteiger partial charge is 0.465 e. The van der Waals surface area contributed by atoms with Crippen molar-refractivity contribution in [2.24, 2.45) is 7.05 Å². The van der Waals surface area contributed by atoms with E-state index in [2.05, 4.69) is 9.84 Å². The molecule has 1 aromatic heterocycles. The molecule has 0 bridgehead atoms. The van der Waals surface area contributed by atoms with Gasteiger partial charge in [0.1, 0.15) is 4.90 Å². The Bertz CT molecular complexity index is 872. The SMILES string of the molecule is COC(=O)c1ccc(S(=O)(=O)Cc2ccn(C)n2)c([N+](=O)[O-])c1. The van der Waals surface area contributed by atoms with Crippen LogP contribution >= 0.6 is 0 Å². The van der Waals surface area contributed by atoms with Gasteiger partial charge in [-0.3, -0.25) is 14.8 Å². The van der Waals surface area contributed by atoms with Crippen LogP contribution in [0.3, 0.4) is 0 Å². The smallest absolute Gasteiger partial charge is 0.338 e. The maximum atomic E-state index is 12.4. The minimum absolute atomic E-state index is 0.101. The monoisotopic (exact) mass is 339 g/mol. The Morgan fingerprint density at radius 3 is 2.61 bits per heavy atom. The number of aryl methyl sites for hydroxylation is 1. The van der Waals surface area contributed by atoms with Gasteiger partial charge < -0.3 is 4.74 Å². The van der Waals surface area contributed by atoms with Crippen molar-refractivity contribution in [2.75, 3.05) is 7.11 Å². The van der Waals surface area contributed by atoms with Crippen molar-refractivity contribution in [2.45, 2.75) is 10.6 Å². The molecule has 0 saturated heterocycles. The maximum Gasteiger partial charge on any atom is 0.338 e. The quantitative estimate of drug-likeness (QED) is 0.454. The molecule has 23 heavy (non-hydrogen) atoms. The van der Waals surface area contributed by atoms with Crippen molar-refractivity contribution in [1.82, 2.24) is 9.78 Å². The van der Waals surface area contributed by atoms with Gasteiger partial charge in [0.25, 0.3) is 5.69 Å². The summed E-state index contributed by atoms with van der Waals surface area (Å²) in [5.41, 5.74) is -0.515. The van der Waals surface area contributed by atoms with Gasteiger partial charge in [0, 0.05) is 19.3 Å². The molecule has 1 heterocycles. The fourth-order valence-electron chi connectivity index (χ4n) is 1.98. The molecule has 0 spiro atoms. The van der Waals surface area contributed by atoms with Crippen molar-refractivity contribution in [3.05, 3.63) is 51.8 Å². The van der Waals surface area contributed by atoms with Crippen molar-refractivity contribution in [3.63, 3.8) is 0 Å². The van der Waals surface area contributed by atoms with Crippen LogP contribution in [0.15, 0.2) is 35.4 Å². The molecule has 0 saturated carbocycles. The fraction of sp³-hybridized carbons (Fsp3) is 0.231. The highest BCUT2D eigenvalue weighted by Crippen LogP contribution is 2.28. The summed E-state index contributed by atoms with van der Waals surface area (Å²) >= 11 is 0. The minimum Gasteiger partial charge on any atom is -0.465 e. The van der Waals surface area contributed by atoms with E-state index in [9.17, 15) is 23.3 Å². The molecule has 0 aliphatic heterocycles. The normalized spacial score (nSPS) is 11.2. The number of benzene rings is 1. The third kappa shape index (κ3) is 3.54. The third-order valence-electron chi connectivity index (χ3n) is 3.02. The summed E-state index contributed by atoms with van der Waals surface area (Å²) in [7, 11) is -1.24. The van der Waals surface area contributed by atoms with E-state index >= 15 is 0 Å². The lowest BCUT2D eigenvalue weighted by Crippen LogP contribution is -2.10. The molecule has 10 heteroatoms.